The molecule has 1 aliphatic heterocycles. The summed E-state index contributed by atoms with van der Waals surface area (Å²) in [6.07, 6.45) is 1.44. The van der Waals surface area contributed by atoms with Gasteiger partial charge in [-0.2, -0.15) is 10.1 Å². The molecule has 0 radical (unpaired) electrons. The first-order valence-corrected chi connectivity index (χ1v) is 7.65. The maximum absolute atomic E-state index is 12.2. The number of ether oxygens (including phenoxy) is 2. The first-order chi connectivity index (χ1) is 11.5. The number of nitrogens with one attached hydrogen (secondary N) is 1. The van der Waals surface area contributed by atoms with Gasteiger partial charge in [-0.05, 0) is 31.5 Å². The molecule has 1 aromatic heterocycles. The molecule has 1 N–H and O–H groups in total. The predicted octanol–water partition coefficient (Wildman–Crippen LogP) is 2.83. The van der Waals surface area contributed by atoms with Crippen molar-refractivity contribution in [2.75, 3.05) is 19.5 Å². The molecule has 0 saturated heterocycles. The molecule has 2 aromatic rings. The number of carbonyl (C=O) groups excluding carboxylic acids is 1. The molecule has 1 aromatic carbocycles. The molecule has 0 spiro atoms. The lowest BCUT2D eigenvalue weighted by Gasteiger charge is -2.28. The number of anilines is 1. The summed E-state index contributed by atoms with van der Waals surface area (Å²) in [6, 6.07) is 3.10. The minimum atomic E-state index is -0.446. The summed E-state index contributed by atoms with van der Waals surface area (Å²) in [4.78, 5) is 16.4. The van der Waals surface area contributed by atoms with E-state index in [1.807, 2.05) is 6.92 Å². The van der Waals surface area contributed by atoms with Crippen molar-refractivity contribution in [1.29, 1.82) is 0 Å². The number of nitrogens with zero attached hydrogens (tertiary/aromatic N) is 3. The van der Waals surface area contributed by atoms with E-state index in [9.17, 15) is 4.79 Å². The fraction of sp³-hybridized carbons (Fsp3) is 0.312. The highest BCUT2D eigenvalue weighted by Crippen LogP contribution is 2.42. The Kier molecular flexibility index (Phi) is 4.19. The van der Waals surface area contributed by atoms with Gasteiger partial charge < -0.3 is 14.8 Å². The molecular formula is C16H17ClN4O3. The number of carbonyl (C=O) groups is 1. The summed E-state index contributed by atoms with van der Waals surface area (Å²) >= 11 is 6.33. The standard InChI is InChI=1S/C16H17ClN4O3/c1-8-13(9(2)22)14(21-16(20-8)18-7-19-21)10-5-11(17)15(24-4)12(6-10)23-3/h5-7,14H,1-4H3,(H,18,19,20). The average molecular weight is 349 g/mol. The van der Waals surface area contributed by atoms with Crippen molar-refractivity contribution in [1.82, 2.24) is 14.8 Å². The van der Waals surface area contributed by atoms with Crippen LogP contribution < -0.4 is 14.8 Å². The fourth-order valence-electron chi connectivity index (χ4n) is 2.95. The van der Waals surface area contributed by atoms with Crippen LogP contribution in [0.25, 0.3) is 0 Å². The van der Waals surface area contributed by atoms with Gasteiger partial charge in [-0.1, -0.05) is 11.6 Å². The van der Waals surface area contributed by atoms with Gasteiger partial charge in [0.15, 0.2) is 17.3 Å². The van der Waals surface area contributed by atoms with Crippen molar-refractivity contribution in [3.63, 3.8) is 0 Å². The maximum Gasteiger partial charge on any atom is 0.226 e. The van der Waals surface area contributed by atoms with Gasteiger partial charge in [0, 0.05) is 11.3 Å². The Bertz CT molecular complexity index is 844. The normalized spacial score (nSPS) is 16.5. The smallest absolute Gasteiger partial charge is 0.226 e. The van der Waals surface area contributed by atoms with E-state index in [0.717, 1.165) is 11.3 Å². The van der Waals surface area contributed by atoms with E-state index in [1.165, 1.54) is 27.5 Å². The van der Waals surface area contributed by atoms with Crippen LogP contribution in [-0.2, 0) is 4.79 Å². The minimum absolute atomic E-state index is 0.0583. The number of ketones is 1. The van der Waals surface area contributed by atoms with Crippen molar-refractivity contribution in [2.45, 2.75) is 19.9 Å². The minimum Gasteiger partial charge on any atom is -0.493 e. The predicted molar refractivity (Wildman–Crippen MR) is 89.7 cm³/mol. The van der Waals surface area contributed by atoms with Crippen LogP contribution >= 0.6 is 11.6 Å². The first-order valence-electron chi connectivity index (χ1n) is 7.27. The zero-order valence-electron chi connectivity index (χ0n) is 13.8. The Morgan fingerprint density at radius 2 is 2.08 bits per heavy atom. The van der Waals surface area contributed by atoms with Gasteiger partial charge in [0.05, 0.1) is 19.2 Å². The van der Waals surface area contributed by atoms with Gasteiger partial charge in [-0.25, -0.2) is 4.68 Å². The molecule has 0 aliphatic carbocycles. The summed E-state index contributed by atoms with van der Waals surface area (Å²) < 4.78 is 12.3. The van der Waals surface area contributed by atoms with Crippen LogP contribution in [0.3, 0.4) is 0 Å². The van der Waals surface area contributed by atoms with E-state index in [-0.39, 0.29) is 5.78 Å². The summed E-state index contributed by atoms with van der Waals surface area (Å²) in [5, 5.41) is 7.74. The number of fused-ring (bicyclic) bond motifs is 1. The number of hydrogen-bond acceptors (Lipinski definition) is 6. The molecule has 126 valence electrons. The number of methoxy groups -OCH3 is 2. The number of allylic oxidation sites excluding steroid dienone is 2. The Morgan fingerprint density at radius 1 is 1.33 bits per heavy atom. The zero-order valence-corrected chi connectivity index (χ0v) is 14.5. The zero-order chi connectivity index (χ0) is 17.4. The number of aromatic nitrogens is 3. The Labute approximate surface area is 144 Å². The number of benzene rings is 1. The van der Waals surface area contributed by atoms with Gasteiger partial charge in [0.2, 0.25) is 5.95 Å². The molecule has 1 aliphatic rings. The number of rotatable bonds is 4. The highest BCUT2D eigenvalue weighted by Gasteiger charge is 2.32. The average Bonchev–Trinajstić information content (AvgIpc) is 3.00. The third kappa shape index (κ3) is 2.50. The van der Waals surface area contributed by atoms with Crippen LogP contribution in [-0.4, -0.2) is 34.8 Å². The molecule has 3 rings (SSSR count). The van der Waals surface area contributed by atoms with E-state index >= 15 is 0 Å². The number of halogens is 1. The molecule has 1 unspecified atom stereocenters. The van der Waals surface area contributed by atoms with E-state index in [2.05, 4.69) is 15.4 Å². The van der Waals surface area contributed by atoms with Crippen molar-refractivity contribution in [3.8, 4) is 11.5 Å². The molecule has 7 nitrogen and oxygen atoms in total. The van der Waals surface area contributed by atoms with E-state index in [4.69, 9.17) is 21.1 Å². The van der Waals surface area contributed by atoms with Gasteiger partial charge in [-0.3, -0.25) is 4.79 Å². The van der Waals surface area contributed by atoms with Crippen LogP contribution in [0.4, 0.5) is 5.95 Å². The molecule has 0 saturated carbocycles. The van der Waals surface area contributed by atoms with Crippen molar-refractivity contribution >= 4 is 23.3 Å². The van der Waals surface area contributed by atoms with Crippen molar-refractivity contribution in [3.05, 3.63) is 40.3 Å². The van der Waals surface area contributed by atoms with Crippen LogP contribution in [0.15, 0.2) is 29.7 Å². The highest BCUT2D eigenvalue weighted by atomic mass is 35.5. The highest BCUT2D eigenvalue weighted by molar-refractivity contribution is 6.32. The monoisotopic (exact) mass is 348 g/mol. The lowest BCUT2D eigenvalue weighted by Crippen LogP contribution is -2.27. The molecule has 0 fully saturated rings. The molecule has 2 heterocycles. The Balaban J connectivity index is 2.24. The van der Waals surface area contributed by atoms with Crippen molar-refractivity contribution < 1.29 is 14.3 Å². The van der Waals surface area contributed by atoms with Crippen molar-refractivity contribution in [2.24, 2.45) is 0 Å². The second kappa shape index (κ2) is 6.16. The summed E-state index contributed by atoms with van der Waals surface area (Å²) in [5.74, 6) is 1.44. The molecule has 0 bridgehead atoms. The molecule has 0 amide bonds. The van der Waals surface area contributed by atoms with Crippen LogP contribution in [0.2, 0.25) is 5.02 Å². The van der Waals surface area contributed by atoms with Gasteiger partial charge >= 0.3 is 0 Å². The lowest BCUT2D eigenvalue weighted by molar-refractivity contribution is -0.114. The van der Waals surface area contributed by atoms with Gasteiger partial charge in [0.1, 0.15) is 12.4 Å². The largest absolute Gasteiger partial charge is 0.493 e. The third-order valence-corrected chi connectivity index (χ3v) is 4.23. The van der Waals surface area contributed by atoms with Gasteiger partial charge in [0.25, 0.3) is 0 Å². The molecule has 24 heavy (non-hydrogen) atoms. The van der Waals surface area contributed by atoms with Gasteiger partial charge in [-0.15, -0.1) is 0 Å². The van der Waals surface area contributed by atoms with Crippen LogP contribution in [0, 0.1) is 0 Å². The summed E-state index contributed by atoms with van der Waals surface area (Å²) in [6.45, 7) is 3.36. The summed E-state index contributed by atoms with van der Waals surface area (Å²) in [7, 11) is 3.06. The lowest BCUT2D eigenvalue weighted by atomic mass is 9.93. The molecule has 8 heteroatoms. The maximum atomic E-state index is 12.2. The number of Topliss-reactive ketones (excluding diaryl/α,β-unsaturated/α-hetero) is 1. The molecular weight excluding hydrogens is 332 g/mol. The summed E-state index contributed by atoms with van der Waals surface area (Å²) in [5.41, 5.74) is 2.09. The van der Waals surface area contributed by atoms with E-state index in [0.29, 0.717) is 28.0 Å². The third-order valence-electron chi connectivity index (χ3n) is 3.95. The topological polar surface area (TPSA) is 78.3 Å². The van der Waals surface area contributed by atoms with Crippen LogP contribution in [0.1, 0.15) is 25.5 Å². The Morgan fingerprint density at radius 3 is 2.71 bits per heavy atom. The SMILES string of the molecule is COc1cc(C2C(C(C)=O)=C(C)Nc3ncnn32)cc(Cl)c1OC. The molecule has 1 atom stereocenters. The second-order valence-corrected chi connectivity index (χ2v) is 5.80. The second-order valence-electron chi connectivity index (χ2n) is 5.39. The first kappa shape index (κ1) is 16.3. The van der Waals surface area contributed by atoms with Crippen LogP contribution in [0.5, 0.6) is 11.5 Å². The Hall–Kier alpha value is -2.54. The van der Waals surface area contributed by atoms with E-state index < -0.39 is 6.04 Å². The van der Waals surface area contributed by atoms with E-state index in [1.54, 1.807) is 16.8 Å². The quantitative estimate of drug-likeness (QED) is 0.915. The fourth-order valence-corrected chi connectivity index (χ4v) is 3.25. The number of hydrogen-bond donors (Lipinski definition) is 1.